The van der Waals surface area contributed by atoms with Crippen LogP contribution in [0.3, 0.4) is 0 Å². The van der Waals surface area contributed by atoms with Crippen molar-refractivity contribution in [3.63, 3.8) is 0 Å². The van der Waals surface area contributed by atoms with Crippen LogP contribution in [0.15, 0.2) is 24.3 Å². The Morgan fingerprint density at radius 2 is 2.00 bits per heavy atom. The van der Waals surface area contributed by atoms with E-state index in [0.717, 1.165) is 12.5 Å². The fourth-order valence-electron chi connectivity index (χ4n) is 3.98. The van der Waals surface area contributed by atoms with Gasteiger partial charge in [-0.25, -0.2) is 0 Å². The summed E-state index contributed by atoms with van der Waals surface area (Å²) in [6, 6.07) is 9.16. The van der Waals surface area contributed by atoms with Gasteiger partial charge in [0.05, 0.1) is 0 Å². The summed E-state index contributed by atoms with van der Waals surface area (Å²) in [5, 5.41) is 3.36. The molecular weight excluding hydrogens is 194 g/mol. The first-order valence-electron chi connectivity index (χ1n) is 6.60. The summed E-state index contributed by atoms with van der Waals surface area (Å²) < 4.78 is 0. The average Bonchev–Trinajstić information content (AvgIpc) is 2.89. The molecule has 1 saturated carbocycles. The fraction of sp³-hybridized carbons (Fsp3) is 0.600. The molecule has 1 N–H and O–H groups in total. The molecule has 0 bridgehead atoms. The molecule has 1 fully saturated rings. The minimum Gasteiger partial charge on any atom is -0.319 e. The average molecular weight is 215 g/mol. The van der Waals surface area contributed by atoms with E-state index in [9.17, 15) is 0 Å². The number of hydrogen-bond donors (Lipinski definition) is 1. The summed E-state index contributed by atoms with van der Waals surface area (Å²) in [5.74, 6) is 0.749. The highest BCUT2D eigenvalue weighted by atomic mass is 14.8. The van der Waals surface area contributed by atoms with Gasteiger partial charge in [0, 0.05) is 6.54 Å². The zero-order valence-electron chi connectivity index (χ0n) is 10.1. The van der Waals surface area contributed by atoms with Gasteiger partial charge >= 0.3 is 0 Å². The van der Waals surface area contributed by atoms with Gasteiger partial charge in [-0.15, -0.1) is 0 Å². The molecule has 0 heterocycles. The normalized spacial score (nSPS) is 26.2. The Hall–Kier alpha value is -0.820. The first-order valence-corrected chi connectivity index (χ1v) is 6.60. The molecule has 0 aliphatic heterocycles. The summed E-state index contributed by atoms with van der Waals surface area (Å²) in [7, 11) is 2.07. The molecule has 0 aromatic heterocycles. The second-order valence-electron chi connectivity index (χ2n) is 5.53. The van der Waals surface area contributed by atoms with Gasteiger partial charge in [-0.1, -0.05) is 37.1 Å². The monoisotopic (exact) mass is 215 g/mol. The second kappa shape index (κ2) is 3.89. The Balaban J connectivity index is 2.01. The minimum absolute atomic E-state index is 0.554. The summed E-state index contributed by atoms with van der Waals surface area (Å²) in [6.45, 7) is 1.14. The molecular formula is C15H21N. The summed E-state index contributed by atoms with van der Waals surface area (Å²) in [5.41, 5.74) is 3.85. The number of likely N-dealkylation sites (N-methyl/N-ethyl adjacent to an activating group) is 1. The predicted octanol–water partition coefficient (Wildman–Crippen LogP) is 3.21. The van der Waals surface area contributed by atoms with Crippen LogP contribution in [-0.4, -0.2) is 13.6 Å². The molecule has 0 saturated heterocycles. The largest absolute Gasteiger partial charge is 0.319 e. The van der Waals surface area contributed by atoms with Crippen molar-refractivity contribution >= 4 is 0 Å². The van der Waals surface area contributed by atoms with Crippen LogP contribution in [0.2, 0.25) is 0 Å². The van der Waals surface area contributed by atoms with Gasteiger partial charge in [-0.05, 0) is 48.8 Å². The van der Waals surface area contributed by atoms with Crippen LogP contribution in [-0.2, 0) is 5.41 Å². The van der Waals surface area contributed by atoms with E-state index in [4.69, 9.17) is 0 Å². The first kappa shape index (κ1) is 10.3. The standard InChI is InChI=1S/C15H21N/c1-16-11-12-10-15(8-4-5-9-15)14-7-3-2-6-13(12)14/h2-3,6-7,12,16H,4-5,8-11H2,1H3. The van der Waals surface area contributed by atoms with Crippen LogP contribution in [0.1, 0.15) is 49.1 Å². The van der Waals surface area contributed by atoms with Gasteiger partial charge in [0.25, 0.3) is 0 Å². The van der Waals surface area contributed by atoms with Crippen LogP contribution in [0.5, 0.6) is 0 Å². The van der Waals surface area contributed by atoms with E-state index in [1.165, 1.54) is 32.1 Å². The van der Waals surface area contributed by atoms with Crippen LogP contribution >= 0.6 is 0 Å². The third-order valence-electron chi connectivity index (χ3n) is 4.62. The van der Waals surface area contributed by atoms with E-state index in [2.05, 4.69) is 36.6 Å². The number of nitrogens with one attached hydrogen (secondary N) is 1. The maximum absolute atomic E-state index is 3.36. The smallest absolute Gasteiger partial charge is 0.00175 e. The van der Waals surface area contributed by atoms with Gasteiger partial charge in [0.15, 0.2) is 0 Å². The fourth-order valence-corrected chi connectivity index (χ4v) is 3.98. The van der Waals surface area contributed by atoms with Crippen LogP contribution in [0.25, 0.3) is 0 Å². The zero-order valence-corrected chi connectivity index (χ0v) is 10.1. The maximum Gasteiger partial charge on any atom is 0.00175 e. The quantitative estimate of drug-likeness (QED) is 0.799. The highest BCUT2D eigenvalue weighted by Crippen LogP contribution is 2.54. The Kier molecular flexibility index (Phi) is 2.51. The molecule has 1 atom stereocenters. The highest BCUT2D eigenvalue weighted by Gasteiger charge is 2.44. The van der Waals surface area contributed by atoms with Gasteiger partial charge in [0.1, 0.15) is 0 Å². The predicted molar refractivity (Wildman–Crippen MR) is 67.9 cm³/mol. The molecule has 2 aliphatic carbocycles. The summed E-state index contributed by atoms with van der Waals surface area (Å²) in [4.78, 5) is 0. The lowest BCUT2D eigenvalue weighted by Crippen LogP contribution is -2.20. The van der Waals surface area contributed by atoms with E-state index in [1.54, 1.807) is 11.1 Å². The minimum atomic E-state index is 0.554. The van der Waals surface area contributed by atoms with E-state index in [-0.39, 0.29) is 0 Å². The van der Waals surface area contributed by atoms with Crippen molar-refractivity contribution in [3.05, 3.63) is 35.4 Å². The SMILES string of the molecule is CNCC1CC2(CCCC2)c2ccccc21. The van der Waals surface area contributed by atoms with Gasteiger partial charge in [-0.3, -0.25) is 0 Å². The summed E-state index contributed by atoms with van der Waals surface area (Å²) in [6.07, 6.45) is 7.09. The Morgan fingerprint density at radius 1 is 1.25 bits per heavy atom. The van der Waals surface area contributed by atoms with E-state index >= 15 is 0 Å². The maximum atomic E-state index is 3.36. The molecule has 3 rings (SSSR count). The third-order valence-corrected chi connectivity index (χ3v) is 4.62. The highest BCUT2D eigenvalue weighted by molar-refractivity contribution is 5.43. The van der Waals surface area contributed by atoms with Crippen molar-refractivity contribution in [1.29, 1.82) is 0 Å². The van der Waals surface area contributed by atoms with Crippen molar-refractivity contribution in [2.24, 2.45) is 0 Å². The molecule has 0 radical (unpaired) electrons. The Morgan fingerprint density at radius 3 is 2.75 bits per heavy atom. The third kappa shape index (κ3) is 1.41. The molecule has 1 nitrogen and oxygen atoms in total. The number of rotatable bonds is 2. The van der Waals surface area contributed by atoms with E-state index in [0.29, 0.717) is 5.41 Å². The Labute approximate surface area is 98.3 Å². The van der Waals surface area contributed by atoms with Crippen molar-refractivity contribution in [2.75, 3.05) is 13.6 Å². The molecule has 1 aromatic carbocycles. The topological polar surface area (TPSA) is 12.0 Å². The van der Waals surface area contributed by atoms with E-state index < -0.39 is 0 Å². The zero-order chi connectivity index (χ0) is 11.0. The molecule has 1 aromatic rings. The van der Waals surface area contributed by atoms with Crippen LogP contribution in [0, 0.1) is 0 Å². The lowest BCUT2D eigenvalue weighted by Gasteiger charge is -2.24. The van der Waals surface area contributed by atoms with Crippen molar-refractivity contribution in [3.8, 4) is 0 Å². The molecule has 1 heteroatoms. The second-order valence-corrected chi connectivity index (χ2v) is 5.53. The molecule has 1 unspecified atom stereocenters. The first-order chi connectivity index (χ1) is 7.86. The summed E-state index contributed by atoms with van der Waals surface area (Å²) >= 11 is 0. The van der Waals surface area contributed by atoms with Crippen molar-refractivity contribution < 1.29 is 0 Å². The molecule has 16 heavy (non-hydrogen) atoms. The van der Waals surface area contributed by atoms with Gasteiger partial charge in [0.2, 0.25) is 0 Å². The number of fused-ring (bicyclic) bond motifs is 2. The number of hydrogen-bond acceptors (Lipinski definition) is 1. The van der Waals surface area contributed by atoms with Crippen molar-refractivity contribution in [2.45, 2.75) is 43.4 Å². The number of benzene rings is 1. The van der Waals surface area contributed by atoms with Crippen molar-refractivity contribution in [1.82, 2.24) is 5.32 Å². The van der Waals surface area contributed by atoms with E-state index in [1.807, 2.05) is 0 Å². The van der Waals surface area contributed by atoms with Crippen LogP contribution in [0.4, 0.5) is 0 Å². The lowest BCUT2D eigenvalue weighted by molar-refractivity contribution is 0.404. The molecule has 0 amide bonds. The van der Waals surface area contributed by atoms with Crippen LogP contribution < -0.4 is 5.32 Å². The Bertz CT molecular complexity index is 377. The van der Waals surface area contributed by atoms with Gasteiger partial charge in [-0.2, -0.15) is 0 Å². The molecule has 2 aliphatic rings. The molecule has 86 valence electrons. The van der Waals surface area contributed by atoms with Gasteiger partial charge < -0.3 is 5.32 Å². The molecule has 1 spiro atoms. The lowest BCUT2D eigenvalue weighted by atomic mass is 9.80.